The van der Waals surface area contributed by atoms with Crippen LogP contribution >= 0.6 is 11.6 Å². The fourth-order valence-electron chi connectivity index (χ4n) is 2.92. The number of carbonyl (C=O) groups is 1. The van der Waals surface area contributed by atoms with E-state index in [1.807, 2.05) is 18.2 Å². The maximum atomic E-state index is 12.8. The normalized spacial score (nSPS) is 14.1. The van der Waals surface area contributed by atoms with Crippen molar-refractivity contribution in [1.29, 1.82) is 0 Å². The monoisotopic (exact) mass is 329 g/mol. The van der Waals surface area contributed by atoms with Gasteiger partial charge in [0.15, 0.2) is 0 Å². The van der Waals surface area contributed by atoms with Gasteiger partial charge in [-0.3, -0.25) is 4.79 Å². The smallest absolute Gasteiger partial charge is 0.258 e. The second-order valence-electron chi connectivity index (χ2n) is 5.81. The number of nitrogens with two attached hydrogens (primary N) is 1. The molecule has 23 heavy (non-hydrogen) atoms. The third-order valence-corrected chi connectivity index (χ3v) is 4.44. The second-order valence-corrected chi connectivity index (χ2v) is 6.25. The summed E-state index contributed by atoms with van der Waals surface area (Å²) in [6.45, 7) is 2.02. The minimum absolute atomic E-state index is 0.0762. The molecule has 0 saturated carbocycles. The van der Waals surface area contributed by atoms with Crippen molar-refractivity contribution in [3.05, 3.63) is 53.1 Å². The number of anilines is 3. The molecule has 1 heterocycles. The fraction of sp³-hybridized carbons (Fsp3) is 0.278. The number of rotatable bonds is 3. The van der Waals surface area contributed by atoms with Crippen LogP contribution in [0.1, 0.15) is 23.2 Å². The van der Waals surface area contributed by atoms with Gasteiger partial charge in [0.05, 0.1) is 11.4 Å². The van der Waals surface area contributed by atoms with Crippen LogP contribution in [0.15, 0.2) is 42.5 Å². The van der Waals surface area contributed by atoms with Crippen molar-refractivity contribution in [3.8, 4) is 0 Å². The van der Waals surface area contributed by atoms with Gasteiger partial charge in [-0.2, -0.15) is 0 Å². The first kappa shape index (κ1) is 15.7. The van der Waals surface area contributed by atoms with Gasteiger partial charge >= 0.3 is 0 Å². The maximum Gasteiger partial charge on any atom is 0.258 e. The standard InChI is InChI=1S/C18H20ClN3O/c1-21(18(23)13-4-7-15(20)8-5-13)17-12-14(19)6-9-16(17)22-10-2-3-11-22/h4-9,12H,2-3,10-11,20H2,1H3. The van der Waals surface area contributed by atoms with Crippen LogP contribution in [0, 0.1) is 0 Å². The largest absolute Gasteiger partial charge is 0.399 e. The molecule has 3 rings (SSSR count). The van der Waals surface area contributed by atoms with Crippen molar-refractivity contribution in [2.75, 3.05) is 35.7 Å². The maximum absolute atomic E-state index is 12.8. The number of hydrogen-bond acceptors (Lipinski definition) is 3. The van der Waals surface area contributed by atoms with Gasteiger partial charge in [-0.15, -0.1) is 0 Å². The first-order valence-electron chi connectivity index (χ1n) is 7.74. The number of amides is 1. The molecule has 4 nitrogen and oxygen atoms in total. The Morgan fingerprint density at radius 2 is 1.78 bits per heavy atom. The van der Waals surface area contributed by atoms with Gasteiger partial charge in [-0.05, 0) is 55.3 Å². The molecule has 1 aliphatic rings. The Morgan fingerprint density at radius 1 is 1.13 bits per heavy atom. The number of nitrogen functional groups attached to an aromatic ring is 1. The molecule has 0 bridgehead atoms. The average Bonchev–Trinajstić information content (AvgIpc) is 3.08. The minimum atomic E-state index is -0.0762. The highest BCUT2D eigenvalue weighted by Gasteiger charge is 2.21. The molecule has 1 fully saturated rings. The van der Waals surface area contributed by atoms with Gasteiger partial charge in [0.25, 0.3) is 5.91 Å². The highest BCUT2D eigenvalue weighted by Crippen LogP contribution is 2.34. The molecule has 1 saturated heterocycles. The number of halogens is 1. The fourth-order valence-corrected chi connectivity index (χ4v) is 3.09. The van der Waals surface area contributed by atoms with Crippen molar-refractivity contribution in [2.24, 2.45) is 0 Å². The van der Waals surface area contributed by atoms with Gasteiger partial charge in [0.2, 0.25) is 0 Å². The molecule has 2 N–H and O–H groups in total. The van der Waals surface area contributed by atoms with Crippen LogP contribution in [0.4, 0.5) is 17.1 Å². The molecule has 0 atom stereocenters. The van der Waals surface area contributed by atoms with E-state index < -0.39 is 0 Å². The van der Waals surface area contributed by atoms with E-state index in [0.717, 1.165) is 24.5 Å². The number of benzene rings is 2. The molecule has 0 unspecified atom stereocenters. The lowest BCUT2D eigenvalue weighted by Crippen LogP contribution is -2.29. The molecular weight excluding hydrogens is 310 g/mol. The number of nitrogens with zero attached hydrogens (tertiary/aromatic N) is 2. The summed E-state index contributed by atoms with van der Waals surface area (Å²) in [7, 11) is 1.78. The van der Waals surface area contributed by atoms with Crippen LogP contribution < -0.4 is 15.5 Å². The molecule has 2 aromatic rings. The summed E-state index contributed by atoms with van der Waals surface area (Å²) in [6, 6.07) is 12.7. The average molecular weight is 330 g/mol. The van der Waals surface area contributed by atoms with Crippen LogP contribution in [-0.4, -0.2) is 26.0 Å². The molecule has 0 radical (unpaired) electrons. The zero-order chi connectivity index (χ0) is 16.4. The Bertz CT molecular complexity index is 709. The highest BCUT2D eigenvalue weighted by molar-refractivity contribution is 6.31. The van der Waals surface area contributed by atoms with Crippen molar-refractivity contribution < 1.29 is 4.79 Å². The van der Waals surface area contributed by atoms with E-state index in [9.17, 15) is 4.79 Å². The summed E-state index contributed by atoms with van der Waals surface area (Å²) in [5.41, 5.74) is 8.83. The van der Waals surface area contributed by atoms with Crippen LogP contribution in [0.2, 0.25) is 5.02 Å². The quantitative estimate of drug-likeness (QED) is 0.871. The molecule has 2 aromatic carbocycles. The Kier molecular flexibility index (Phi) is 4.44. The van der Waals surface area contributed by atoms with Gasteiger partial charge < -0.3 is 15.5 Å². The van der Waals surface area contributed by atoms with E-state index in [2.05, 4.69) is 4.90 Å². The Morgan fingerprint density at radius 3 is 2.43 bits per heavy atom. The van der Waals surface area contributed by atoms with E-state index in [1.54, 1.807) is 36.2 Å². The lowest BCUT2D eigenvalue weighted by Gasteiger charge is -2.26. The topological polar surface area (TPSA) is 49.6 Å². The molecule has 0 aromatic heterocycles. The predicted octanol–water partition coefficient (Wildman–Crippen LogP) is 3.80. The van der Waals surface area contributed by atoms with Gasteiger partial charge in [0.1, 0.15) is 0 Å². The third kappa shape index (κ3) is 3.27. The molecule has 5 heteroatoms. The van der Waals surface area contributed by atoms with E-state index in [0.29, 0.717) is 16.3 Å². The van der Waals surface area contributed by atoms with E-state index >= 15 is 0 Å². The van der Waals surface area contributed by atoms with Crippen molar-refractivity contribution in [2.45, 2.75) is 12.8 Å². The van der Waals surface area contributed by atoms with Crippen molar-refractivity contribution in [1.82, 2.24) is 0 Å². The summed E-state index contributed by atoms with van der Waals surface area (Å²) in [5.74, 6) is -0.0762. The van der Waals surface area contributed by atoms with E-state index in [-0.39, 0.29) is 5.91 Å². The zero-order valence-corrected chi connectivity index (χ0v) is 13.9. The molecule has 1 amide bonds. The van der Waals surface area contributed by atoms with Gasteiger partial charge in [0, 0.05) is 36.4 Å². The van der Waals surface area contributed by atoms with Crippen LogP contribution in [0.3, 0.4) is 0 Å². The van der Waals surface area contributed by atoms with Crippen LogP contribution in [-0.2, 0) is 0 Å². The minimum Gasteiger partial charge on any atom is -0.399 e. The predicted molar refractivity (Wildman–Crippen MR) is 96.5 cm³/mol. The van der Waals surface area contributed by atoms with Crippen LogP contribution in [0.25, 0.3) is 0 Å². The van der Waals surface area contributed by atoms with Crippen LogP contribution in [0.5, 0.6) is 0 Å². The molecule has 1 aliphatic heterocycles. The lowest BCUT2D eigenvalue weighted by atomic mass is 10.1. The van der Waals surface area contributed by atoms with E-state index in [1.165, 1.54) is 12.8 Å². The summed E-state index contributed by atoms with van der Waals surface area (Å²) in [5, 5.41) is 0.625. The lowest BCUT2D eigenvalue weighted by molar-refractivity contribution is 0.0993. The van der Waals surface area contributed by atoms with Gasteiger partial charge in [-0.1, -0.05) is 11.6 Å². The van der Waals surface area contributed by atoms with Crippen molar-refractivity contribution >= 4 is 34.6 Å². The highest BCUT2D eigenvalue weighted by atomic mass is 35.5. The Hall–Kier alpha value is -2.20. The number of hydrogen-bond donors (Lipinski definition) is 1. The Labute approximate surface area is 141 Å². The second kappa shape index (κ2) is 6.50. The van der Waals surface area contributed by atoms with E-state index in [4.69, 9.17) is 17.3 Å². The molecule has 0 aliphatic carbocycles. The summed E-state index contributed by atoms with van der Waals surface area (Å²) < 4.78 is 0. The molecular formula is C18H20ClN3O. The molecule has 120 valence electrons. The SMILES string of the molecule is CN(C(=O)c1ccc(N)cc1)c1cc(Cl)ccc1N1CCCC1. The zero-order valence-electron chi connectivity index (χ0n) is 13.1. The first-order valence-corrected chi connectivity index (χ1v) is 8.12. The summed E-state index contributed by atoms with van der Waals surface area (Å²) in [6.07, 6.45) is 2.36. The van der Waals surface area contributed by atoms with Crippen molar-refractivity contribution in [3.63, 3.8) is 0 Å². The third-order valence-electron chi connectivity index (χ3n) is 4.21. The molecule has 0 spiro atoms. The summed E-state index contributed by atoms with van der Waals surface area (Å²) in [4.78, 5) is 16.7. The first-order chi connectivity index (χ1) is 11.1. The van der Waals surface area contributed by atoms with Gasteiger partial charge in [-0.25, -0.2) is 0 Å². The number of carbonyl (C=O) groups excluding carboxylic acids is 1. The Balaban J connectivity index is 1.94. The summed E-state index contributed by atoms with van der Waals surface area (Å²) >= 11 is 6.17.